The molecule has 3 aliphatic rings. The average molecular weight is 498 g/mol. The molecule has 0 spiro atoms. The fourth-order valence-corrected chi connectivity index (χ4v) is 5.52. The SMILES string of the molecule is CN1C/C(=C(/NCc2ccc(-n3ccnc3)cc2)Nc2ccc(O)cc2)C(N)=[N+]2C1=N[C@H]1CCCC[C@H]12. The van der Waals surface area contributed by atoms with Gasteiger partial charge in [0.15, 0.2) is 0 Å². The van der Waals surface area contributed by atoms with E-state index in [2.05, 4.69) is 56.4 Å². The van der Waals surface area contributed by atoms with Crippen LogP contribution in [-0.2, 0) is 6.54 Å². The van der Waals surface area contributed by atoms with E-state index >= 15 is 0 Å². The van der Waals surface area contributed by atoms with E-state index in [1.54, 1.807) is 24.7 Å². The molecule has 3 heterocycles. The van der Waals surface area contributed by atoms with Gasteiger partial charge in [-0.1, -0.05) is 18.6 Å². The number of hydrogen-bond acceptors (Lipinski definition) is 7. The van der Waals surface area contributed by atoms with Gasteiger partial charge in [0.25, 0.3) is 0 Å². The Morgan fingerprint density at radius 1 is 1.11 bits per heavy atom. The largest absolute Gasteiger partial charge is 0.508 e. The molecule has 1 fully saturated rings. The molecule has 0 saturated heterocycles. The summed E-state index contributed by atoms with van der Waals surface area (Å²) >= 11 is 0. The highest BCUT2D eigenvalue weighted by atomic mass is 16.3. The van der Waals surface area contributed by atoms with Gasteiger partial charge < -0.3 is 26.0 Å². The van der Waals surface area contributed by atoms with Crippen molar-refractivity contribution in [2.75, 3.05) is 18.9 Å². The number of benzene rings is 2. The van der Waals surface area contributed by atoms with Gasteiger partial charge in [0.1, 0.15) is 23.7 Å². The third kappa shape index (κ3) is 4.52. The first-order valence-electron chi connectivity index (χ1n) is 12.9. The highest BCUT2D eigenvalue weighted by Crippen LogP contribution is 2.31. The summed E-state index contributed by atoms with van der Waals surface area (Å²) in [5, 5.41) is 16.9. The minimum Gasteiger partial charge on any atom is -0.508 e. The second-order valence-electron chi connectivity index (χ2n) is 9.97. The van der Waals surface area contributed by atoms with Gasteiger partial charge in [-0.15, -0.1) is 4.99 Å². The van der Waals surface area contributed by atoms with E-state index in [4.69, 9.17) is 10.7 Å². The van der Waals surface area contributed by atoms with Crippen molar-refractivity contribution in [3.63, 3.8) is 0 Å². The highest BCUT2D eigenvalue weighted by Gasteiger charge is 2.46. The summed E-state index contributed by atoms with van der Waals surface area (Å²) in [4.78, 5) is 11.4. The number of likely N-dealkylation sites (N-methyl/N-ethyl adjacent to an activating group) is 1. The zero-order valence-electron chi connectivity index (χ0n) is 21.0. The van der Waals surface area contributed by atoms with Crippen LogP contribution in [0.5, 0.6) is 5.75 Å². The molecule has 0 radical (unpaired) electrons. The number of hydrogen-bond donors (Lipinski definition) is 4. The van der Waals surface area contributed by atoms with Gasteiger partial charge in [0, 0.05) is 37.4 Å². The maximum absolute atomic E-state index is 9.76. The van der Waals surface area contributed by atoms with Crippen molar-refractivity contribution >= 4 is 17.5 Å². The van der Waals surface area contributed by atoms with Crippen molar-refractivity contribution in [1.29, 1.82) is 0 Å². The first kappa shape index (κ1) is 23.1. The van der Waals surface area contributed by atoms with Gasteiger partial charge in [-0.25, -0.2) is 9.56 Å². The number of aromatic hydroxyl groups is 1. The van der Waals surface area contributed by atoms with E-state index < -0.39 is 0 Å². The first-order chi connectivity index (χ1) is 18.1. The number of phenolic OH excluding ortho intramolecular Hbond substituents is 1. The van der Waals surface area contributed by atoms with Crippen molar-refractivity contribution in [1.82, 2.24) is 19.8 Å². The second kappa shape index (κ2) is 9.65. The normalized spacial score (nSPS) is 22.3. The van der Waals surface area contributed by atoms with E-state index in [1.165, 1.54) is 12.8 Å². The van der Waals surface area contributed by atoms with Crippen molar-refractivity contribution in [2.45, 2.75) is 44.3 Å². The summed E-state index contributed by atoms with van der Waals surface area (Å²) in [6.07, 6.45) is 10.2. The summed E-state index contributed by atoms with van der Waals surface area (Å²) in [6.45, 7) is 1.27. The molecule has 9 heteroatoms. The second-order valence-corrected chi connectivity index (χ2v) is 9.97. The summed E-state index contributed by atoms with van der Waals surface area (Å²) in [7, 11) is 2.09. The number of rotatable bonds is 6. The minimum atomic E-state index is 0.232. The molecule has 2 atom stereocenters. The van der Waals surface area contributed by atoms with E-state index in [0.717, 1.165) is 53.0 Å². The molecular weight excluding hydrogens is 464 g/mol. The number of nitrogens with zero attached hydrogens (tertiary/aromatic N) is 5. The summed E-state index contributed by atoms with van der Waals surface area (Å²) in [6, 6.07) is 16.1. The van der Waals surface area contributed by atoms with Crippen LogP contribution in [0, 0.1) is 0 Å². The zero-order valence-corrected chi connectivity index (χ0v) is 21.0. The minimum absolute atomic E-state index is 0.232. The molecular formula is C28H33N8O+. The van der Waals surface area contributed by atoms with Crippen molar-refractivity contribution in [3.05, 3.63) is 84.2 Å². The Labute approximate surface area is 216 Å². The molecule has 1 aliphatic carbocycles. The fraction of sp³-hybridized carbons (Fsp3) is 0.321. The van der Waals surface area contributed by atoms with E-state index in [9.17, 15) is 5.11 Å². The summed E-state index contributed by atoms with van der Waals surface area (Å²) in [5.41, 5.74) is 11.0. The monoisotopic (exact) mass is 497 g/mol. The van der Waals surface area contributed by atoms with Gasteiger partial charge in [0.2, 0.25) is 5.84 Å². The third-order valence-corrected chi connectivity index (χ3v) is 7.47. The van der Waals surface area contributed by atoms with Gasteiger partial charge in [0.05, 0.1) is 18.4 Å². The smallest absolute Gasteiger partial charge is 0.345 e. The van der Waals surface area contributed by atoms with Gasteiger partial charge in [-0.05, 0) is 61.2 Å². The number of aromatic nitrogens is 2. The standard InChI is InChI=1S/C28H32N8O/c1-34-17-23(26(29)36-25-5-3-2-4-24(25)33-28(34)36)27(32-20-8-12-22(37)13-9-20)31-16-19-6-10-21(11-7-19)35-15-14-30-18-35/h6-15,18,24-25H,2-5,16-17H2,1H3,(H4,29,31,32,37)/p+1/t24-,25+/m0/s1. The quantitative estimate of drug-likeness (QED) is 0.308. The van der Waals surface area contributed by atoms with Crippen molar-refractivity contribution in [2.24, 2.45) is 10.7 Å². The van der Waals surface area contributed by atoms with Crippen molar-refractivity contribution < 1.29 is 9.68 Å². The molecule has 9 nitrogen and oxygen atoms in total. The molecule has 2 aliphatic heterocycles. The highest BCUT2D eigenvalue weighted by molar-refractivity contribution is 6.00. The van der Waals surface area contributed by atoms with Gasteiger partial charge in [-0.3, -0.25) is 4.90 Å². The number of fused-ring (bicyclic) bond motifs is 3. The van der Waals surface area contributed by atoms with E-state index in [-0.39, 0.29) is 5.75 Å². The number of anilines is 1. The number of aliphatic imine (C=N–C) groups is 1. The zero-order chi connectivity index (χ0) is 25.4. The van der Waals surface area contributed by atoms with Crippen LogP contribution < -0.4 is 16.4 Å². The summed E-state index contributed by atoms with van der Waals surface area (Å²) in [5.74, 6) is 2.83. The Bertz CT molecular complexity index is 1360. The molecule has 0 bridgehead atoms. The Morgan fingerprint density at radius 3 is 2.65 bits per heavy atom. The molecule has 2 aromatic carbocycles. The third-order valence-electron chi connectivity index (χ3n) is 7.47. The number of phenols is 1. The molecule has 37 heavy (non-hydrogen) atoms. The number of nitrogens with two attached hydrogens (primary N) is 1. The van der Waals surface area contributed by atoms with Gasteiger partial charge >= 0.3 is 5.96 Å². The number of imidazole rings is 1. The molecule has 0 amide bonds. The Kier molecular flexibility index (Phi) is 6.04. The average Bonchev–Trinajstić information content (AvgIpc) is 3.59. The predicted octanol–water partition coefficient (Wildman–Crippen LogP) is 2.99. The predicted molar refractivity (Wildman–Crippen MR) is 145 cm³/mol. The lowest BCUT2D eigenvalue weighted by molar-refractivity contribution is -0.462. The van der Waals surface area contributed by atoms with Crippen LogP contribution in [0.4, 0.5) is 5.69 Å². The Balaban J connectivity index is 1.32. The van der Waals surface area contributed by atoms with Gasteiger partial charge in [-0.2, -0.15) is 0 Å². The Morgan fingerprint density at radius 2 is 1.89 bits per heavy atom. The lowest BCUT2D eigenvalue weighted by atomic mass is 9.91. The Hall–Kier alpha value is -4.27. The van der Waals surface area contributed by atoms with Crippen LogP contribution in [-0.4, -0.2) is 61.6 Å². The van der Waals surface area contributed by atoms with Crippen molar-refractivity contribution in [3.8, 4) is 11.4 Å². The molecule has 3 aromatic rings. The number of amidine groups is 1. The first-order valence-corrected chi connectivity index (χ1v) is 12.9. The maximum atomic E-state index is 9.76. The molecule has 1 saturated carbocycles. The molecule has 0 unspecified atom stereocenters. The van der Waals surface area contributed by atoms with Crippen LogP contribution in [0.25, 0.3) is 5.69 Å². The lowest BCUT2D eigenvalue weighted by Gasteiger charge is -2.30. The number of nitrogens with one attached hydrogen (secondary N) is 2. The van der Waals surface area contributed by atoms with Crippen LogP contribution in [0.15, 0.2) is 83.6 Å². The lowest BCUT2D eigenvalue weighted by Crippen LogP contribution is -2.52. The topological polar surface area (TPSA) is 107 Å². The van der Waals surface area contributed by atoms with E-state index in [1.807, 2.05) is 22.9 Å². The van der Waals surface area contributed by atoms with Crippen LogP contribution in [0.2, 0.25) is 0 Å². The maximum Gasteiger partial charge on any atom is 0.345 e. The van der Waals surface area contributed by atoms with Crippen LogP contribution >= 0.6 is 0 Å². The molecule has 190 valence electrons. The molecule has 5 N–H and O–H groups in total. The van der Waals surface area contributed by atoms with Crippen LogP contribution in [0.3, 0.4) is 0 Å². The van der Waals surface area contributed by atoms with Crippen LogP contribution in [0.1, 0.15) is 31.2 Å². The molecule has 1 aromatic heterocycles. The molecule has 6 rings (SSSR count). The van der Waals surface area contributed by atoms with E-state index in [0.29, 0.717) is 25.2 Å². The summed E-state index contributed by atoms with van der Waals surface area (Å²) < 4.78 is 4.24. The fourth-order valence-electron chi connectivity index (χ4n) is 5.52. The number of guanidine groups is 1.